The molecule has 4 heterocycles. The van der Waals surface area contributed by atoms with E-state index in [-0.39, 0.29) is 34.7 Å². The number of likely N-dealkylation sites (tertiary alicyclic amines) is 1. The largest absolute Gasteiger partial charge is 0.440 e. The molecule has 0 saturated carbocycles. The fraction of sp³-hybridized carbons (Fsp3) is 0.318. The van der Waals surface area contributed by atoms with Crippen LogP contribution in [0.3, 0.4) is 0 Å². The van der Waals surface area contributed by atoms with Gasteiger partial charge in [0, 0.05) is 30.4 Å². The van der Waals surface area contributed by atoms with Crippen molar-refractivity contribution in [3.63, 3.8) is 0 Å². The molecule has 1 aliphatic heterocycles. The second-order valence-corrected chi connectivity index (χ2v) is 8.01. The number of rotatable bonds is 3. The molecule has 4 aromatic rings. The van der Waals surface area contributed by atoms with Crippen LogP contribution in [0.25, 0.3) is 16.8 Å². The van der Waals surface area contributed by atoms with E-state index in [9.17, 15) is 13.6 Å². The molecule has 5 rings (SSSR count). The number of hydrogen-bond donors (Lipinski definition) is 0. The Labute approximate surface area is 181 Å². The van der Waals surface area contributed by atoms with Crippen molar-refractivity contribution in [1.82, 2.24) is 29.9 Å². The molecular weight excluding hydrogens is 418 g/mol. The van der Waals surface area contributed by atoms with Gasteiger partial charge in [-0.2, -0.15) is 10.2 Å². The van der Waals surface area contributed by atoms with Gasteiger partial charge in [-0.15, -0.1) is 4.80 Å². The van der Waals surface area contributed by atoms with Crippen LogP contribution >= 0.6 is 0 Å². The number of piperidine rings is 1. The summed E-state index contributed by atoms with van der Waals surface area (Å²) in [7, 11) is 0. The predicted octanol–water partition coefficient (Wildman–Crippen LogP) is 3.80. The molecule has 1 amide bonds. The van der Waals surface area contributed by atoms with E-state index in [1.54, 1.807) is 17.0 Å². The fourth-order valence-corrected chi connectivity index (χ4v) is 4.05. The molecule has 1 aromatic carbocycles. The SMILES string of the molecule is Cc1ccc(-n2nccn2)c(C(=O)N2C[C@H](c3nc4cc(F)c(F)cc4o3)CC[C@H]2C)n1. The molecule has 0 radical (unpaired) electrons. The van der Waals surface area contributed by atoms with E-state index in [1.807, 2.05) is 13.8 Å². The Morgan fingerprint density at radius 1 is 1.09 bits per heavy atom. The molecule has 0 N–H and O–H groups in total. The highest BCUT2D eigenvalue weighted by Gasteiger charge is 2.34. The smallest absolute Gasteiger partial charge is 0.275 e. The van der Waals surface area contributed by atoms with E-state index in [2.05, 4.69) is 20.2 Å². The lowest BCUT2D eigenvalue weighted by Crippen LogP contribution is -2.45. The first-order chi connectivity index (χ1) is 15.4. The third-order valence-electron chi connectivity index (χ3n) is 5.79. The minimum absolute atomic E-state index is 0.0289. The minimum Gasteiger partial charge on any atom is -0.440 e. The Hall–Kier alpha value is -3.69. The van der Waals surface area contributed by atoms with Crippen molar-refractivity contribution in [1.29, 1.82) is 0 Å². The van der Waals surface area contributed by atoms with Crippen LogP contribution in [0.2, 0.25) is 0 Å². The van der Waals surface area contributed by atoms with Crippen LogP contribution in [-0.4, -0.2) is 48.4 Å². The van der Waals surface area contributed by atoms with Crippen molar-refractivity contribution >= 4 is 17.0 Å². The van der Waals surface area contributed by atoms with Gasteiger partial charge in [0.15, 0.2) is 28.8 Å². The van der Waals surface area contributed by atoms with E-state index < -0.39 is 11.6 Å². The highest BCUT2D eigenvalue weighted by atomic mass is 19.2. The Bertz CT molecular complexity index is 1260. The van der Waals surface area contributed by atoms with Gasteiger partial charge in [0.2, 0.25) is 0 Å². The number of benzene rings is 1. The van der Waals surface area contributed by atoms with Crippen LogP contribution in [0.15, 0.2) is 41.1 Å². The summed E-state index contributed by atoms with van der Waals surface area (Å²) < 4.78 is 32.8. The summed E-state index contributed by atoms with van der Waals surface area (Å²) in [5, 5.41) is 8.27. The number of halogens is 2. The van der Waals surface area contributed by atoms with E-state index in [0.717, 1.165) is 25.0 Å². The molecule has 1 saturated heterocycles. The number of amides is 1. The second kappa shape index (κ2) is 7.77. The summed E-state index contributed by atoms with van der Waals surface area (Å²) in [6, 6.07) is 5.56. The standard InChI is InChI=1S/C22H20F2N6O2/c1-12-3-6-18(30-25-7-8-26-30)20(27-12)22(31)29-11-14(5-4-13(29)2)21-28-17-9-15(23)16(24)10-19(17)32-21/h3,6-10,13-14H,4-5,11H2,1-2H3/t13-,14-/m1/s1. The first kappa shape index (κ1) is 20.2. The molecule has 1 aliphatic rings. The van der Waals surface area contributed by atoms with Crippen LogP contribution in [0.5, 0.6) is 0 Å². The lowest BCUT2D eigenvalue weighted by Gasteiger charge is -2.37. The number of aryl methyl sites for hydroxylation is 1. The van der Waals surface area contributed by atoms with Crippen molar-refractivity contribution in [2.24, 2.45) is 0 Å². The zero-order chi connectivity index (χ0) is 22.4. The number of fused-ring (bicyclic) bond motifs is 1. The molecule has 3 aromatic heterocycles. The Kier molecular flexibility index (Phi) is 4.91. The molecule has 32 heavy (non-hydrogen) atoms. The van der Waals surface area contributed by atoms with Gasteiger partial charge >= 0.3 is 0 Å². The first-order valence-corrected chi connectivity index (χ1v) is 10.3. The second-order valence-electron chi connectivity index (χ2n) is 8.01. The number of aromatic nitrogens is 5. The number of carbonyl (C=O) groups excluding carboxylic acids is 1. The summed E-state index contributed by atoms with van der Waals surface area (Å²) in [5.74, 6) is -2.05. The summed E-state index contributed by atoms with van der Waals surface area (Å²) in [5.41, 5.74) is 1.89. The maximum atomic E-state index is 13.6. The van der Waals surface area contributed by atoms with Gasteiger partial charge in [0.25, 0.3) is 5.91 Å². The van der Waals surface area contributed by atoms with E-state index >= 15 is 0 Å². The van der Waals surface area contributed by atoms with Gasteiger partial charge < -0.3 is 9.32 Å². The third-order valence-corrected chi connectivity index (χ3v) is 5.79. The molecule has 2 atom stereocenters. The average molecular weight is 438 g/mol. The van der Waals surface area contributed by atoms with Crippen molar-refractivity contribution < 1.29 is 18.0 Å². The zero-order valence-electron chi connectivity index (χ0n) is 17.5. The molecule has 0 unspecified atom stereocenters. The summed E-state index contributed by atoms with van der Waals surface area (Å²) >= 11 is 0. The summed E-state index contributed by atoms with van der Waals surface area (Å²) in [6.45, 7) is 4.14. The van der Waals surface area contributed by atoms with E-state index in [0.29, 0.717) is 23.8 Å². The van der Waals surface area contributed by atoms with Crippen molar-refractivity contribution in [3.8, 4) is 5.69 Å². The average Bonchev–Trinajstić information content (AvgIpc) is 3.44. The normalized spacial score (nSPS) is 18.9. The van der Waals surface area contributed by atoms with Crippen molar-refractivity contribution in [3.05, 3.63) is 65.6 Å². The first-order valence-electron chi connectivity index (χ1n) is 10.3. The molecule has 8 nitrogen and oxygen atoms in total. The molecule has 0 spiro atoms. The van der Waals surface area contributed by atoms with Crippen LogP contribution in [-0.2, 0) is 0 Å². The Morgan fingerprint density at radius 3 is 2.62 bits per heavy atom. The lowest BCUT2D eigenvalue weighted by atomic mass is 9.93. The number of nitrogens with zero attached hydrogens (tertiary/aromatic N) is 6. The van der Waals surface area contributed by atoms with Gasteiger partial charge in [-0.3, -0.25) is 4.79 Å². The Balaban J connectivity index is 1.47. The number of oxazole rings is 1. The molecule has 10 heteroatoms. The molecule has 0 aliphatic carbocycles. The maximum Gasteiger partial charge on any atom is 0.275 e. The third kappa shape index (κ3) is 3.51. The maximum absolute atomic E-state index is 13.6. The van der Waals surface area contributed by atoms with Crippen LogP contribution in [0, 0.1) is 18.6 Å². The van der Waals surface area contributed by atoms with Gasteiger partial charge in [0.05, 0.1) is 18.3 Å². The van der Waals surface area contributed by atoms with Crippen molar-refractivity contribution in [2.45, 2.75) is 38.6 Å². The summed E-state index contributed by atoms with van der Waals surface area (Å²) in [6.07, 6.45) is 4.52. The lowest BCUT2D eigenvalue weighted by molar-refractivity contribution is 0.0591. The topological polar surface area (TPSA) is 89.9 Å². The monoisotopic (exact) mass is 438 g/mol. The molecule has 164 valence electrons. The van der Waals surface area contributed by atoms with Crippen LogP contribution in [0.4, 0.5) is 8.78 Å². The van der Waals surface area contributed by atoms with Gasteiger partial charge in [-0.25, -0.2) is 18.7 Å². The quantitative estimate of drug-likeness (QED) is 0.483. The van der Waals surface area contributed by atoms with Gasteiger partial charge in [0.1, 0.15) is 11.2 Å². The number of pyridine rings is 1. The highest BCUT2D eigenvalue weighted by Crippen LogP contribution is 2.33. The predicted molar refractivity (Wildman–Crippen MR) is 110 cm³/mol. The highest BCUT2D eigenvalue weighted by molar-refractivity contribution is 5.96. The molecule has 0 bridgehead atoms. The van der Waals surface area contributed by atoms with E-state index in [4.69, 9.17) is 4.42 Å². The van der Waals surface area contributed by atoms with E-state index in [1.165, 1.54) is 17.2 Å². The molecule has 1 fully saturated rings. The van der Waals surface area contributed by atoms with Gasteiger partial charge in [-0.1, -0.05) is 0 Å². The molecular formula is C22H20F2N6O2. The zero-order valence-corrected chi connectivity index (χ0v) is 17.5. The fourth-order valence-electron chi connectivity index (χ4n) is 4.05. The van der Waals surface area contributed by atoms with Gasteiger partial charge in [-0.05, 0) is 38.8 Å². The minimum atomic E-state index is -0.987. The summed E-state index contributed by atoms with van der Waals surface area (Å²) in [4.78, 5) is 25.5. The Morgan fingerprint density at radius 2 is 1.84 bits per heavy atom. The van der Waals surface area contributed by atoms with Crippen LogP contribution in [0.1, 0.15) is 47.8 Å². The van der Waals surface area contributed by atoms with Crippen molar-refractivity contribution in [2.75, 3.05) is 6.54 Å². The van der Waals surface area contributed by atoms with Crippen LogP contribution < -0.4 is 0 Å². The number of carbonyl (C=O) groups is 1. The number of hydrogen-bond acceptors (Lipinski definition) is 6.